The number of nitrogens with two attached hydrogens (primary N) is 1. The lowest BCUT2D eigenvalue weighted by Crippen LogP contribution is -2.41. The number of nitrogens with one attached hydrogen (secondary N) is 1. The molecule has 12 nitrogen and oxygen atoms in total. The Morgan fingerprint density at radius 3 is 3.08 bits per heavy atom. The van der Waals surface area contributed by atoms with Crippen molar-refractivity contribution in [1.82, 2.24) is 19.5 Å². The largest absolute Gasteiger partial charge is 0.756 e. The molecule has 130 valence electrons. The number of fused-ring (bicyclic) bond motifs is 2. The van der Waals surface area contributed by atoms with Crippen LogP contribution in [0.4, 0.5) is 11.8 Å². The lowest BCUT2D eigenvalue weighted by atomic mass is 10.1. The first kappa shape index (κ1) is 15.7. The van der Waals surface area contributed by atoms with Gasteiger partial charge in [-0.25, -0.2) is 15.0 Å². The molecule has 2 aromatic rings. The van der Waals surface area contributed by atoms with E-state index in [0.29, 0.717) is 17.1 Å². The van der Waals surface area contributed by atoms with E-state index in [4.69, 9.17) is 15.0 Å². The number of anilines is 2. The lowest BCUT2D eigenvalue weighted by Gasteiger charge is -2.34. The molecule has 1 unspecified atom stereocenters. The van der Waals surface area contributed by atoms with Crippen LogP contribution in [-0.4, -0.2) is 56.6 Å². The van der Waals surface area contributed by atoms with Crippen molar-refractivity contribution in [3.05, 3.63) is 6.33 Å². The highest BCUT2D eigenvalue weighted by molar-refractivity contribution is 7.45. The molecule has 0 amide bonds. The molecule has 2 aromatic heterocycles. The molecule has 4 heterocycles. The van der Waals surface area contributed by atoms with E-state index >= 15 is 0 Å². The second kappa shape index (κ2) is 5.34. The first-order valence-corrected chi connectivity index (χ1v) is 8.51. The summed E-state index contributed by atoms with van der Waals surface area (Å²) in [5, 5.41) is 13.4. The van der Waals surface area contributed by atoms with Gasteiger partial charge < -0.3 is 34.8 Å². The van der Waals surface area contributed by atoms with E-state index in [9.17, 15) is 14.6 Å². The highest BCUT2D eigenvalue weighted by Crippen LogP contribution is 2.50. The molecule has 2 saturated heterocycles. The summed E-state index contributed by atoms with van der Waals surface area (Å²) in [6, 6.07) is 0. The first-order valence-electron chi connectivity index (χ1n) is 7.05. The summed E-state index contributed by atoms with van der Waals surface area (Å²) in [6.07, 6.45) is -2.82. The van der Waals surface area contributed by atoms with Crippen LogP contribution >= 0.6 is 7.82 Å². The predicted octanol–water partition coefficient (Wildman–Crippen LogP) is -1.41. The number of aromatic nitrogens is 4. The molecule has 2 fully saturated rings. The van der Waals surface area contributed by atoms with Gasteiger partial charge in [0.25, 0.3) is 7.82 Å². The summed E-state index contributed by atoms with van der Waals surface area (Å²) >= 11 is 0. The predicted molar refractivity (Wildman–Crippen MR) is 77.6 cm³/mol. The molecule has 0 aromatic carbocycles. The molecule has 0 bridgehead atoms. The maximum Gasteiger partial charge on any atom is 0.268 e. The van der Waals surface area contributed by atoms with E-state index in [1.807, 2.05) is 0 Å². The lowest BCUT2D eigenvalue weighted by molar-refractivity contribution is -0.245. The number of imidazole rings is 1. The van der Waals surface area contributed by atoms with E-state index in [1.54, 1.807) is 7.05 Å². The van der Waals surface area contributed by atoms with E-state index in [-0.39, 0.29) is 12.4 Å². The molecule has 13 heteroatoms. The van der Waals surface area contributed by atoms with Crippen LogP contribution in [0.5, 0.6) is 0 Å². The summed E-state index contributed by atoms with van der Waals surface area (Å²) in [6.45, 7) is -0.238. The molecule has 5 atom stereocenters. The van der Waals surface area contributed by atoms with Gasteiger partial charge in [-0.05, 0) is 0 Å². The van der Waals surface area contributed by atoms with Crippen LogP contribution in [0.15, 0.2) is 6.33 Å². The normalized spacial score (nSPS) is 36.0. The number of phosphoric acid groups is 1. The van der Waals surface area contributed by atoms with Gasteiger partial charge in [-0.2, -0.15) is 0 Å². The van der Waals surface area contributed by atoms with Crippen molar-refractivity contribution in [2.75, 3.05) is 24.7 Å². The third-order valence-electron chi connectivity index (χ3n) is 3.94. The Morgan fingerprint density at radius 1 is 1.54 bits per heavy atom. The Kier molecular flexibility index (Phi) is 3.49. The third kappa shape index (κ3) is 2.27. The van der Waals surface area contributed by atoms with Crippen molar-refractivity contribution >= 4 is 30.8 Å². The van der Waals surface area contributed by atoms with Crippen LogP contribution in [0.3, 0.4) is 0 Å². The molecule has 24 heavy (non-hydrogen) atoms. The average Bonchev–Trinajstić information content (AvgIpc) is 3.06. The van der Waals surface area contributed by atoms with Gasteiger partial charge >= 0.3 is 0 Å². The van der Waals surface area contributed by atoms with Crippen LogP contribution in [0, 0.1) is 0 Å². The maximum absolute atomic E-state index is 11.5. The van der Waals surface area contributed by atoms with Crippen molar-refractivity contribution in [1.29, 1.82) is 0 Å². The minimum Gasteiger partial charge on any atom is -0.756 e. The Morgan fingerprint density at radius 2 is 2.33 bits per heavy atom. The van der Waals surface area contributed by atoms with Crippen molar-refractivity contribution in [2.45, 2.75) is 24.5 Å². The molecule has 4 N–H and O–H groups in total. The van der Waals surface area contributed by atoms with Crippen molar-refractivity contribution < 1.29 is 28.3 Å². The summed E-state index contributed by atoms with van der Waals surface area (Å²) < 4.78 is 28.1. The van der Waals surface area contributed by atoms with Gasteiger partial charge in [-0.3, -0.25) is 9.13 Å². The minimum absolute atomic E-state index is 0.170. The summed E-state index contributed by atoms with van der Waals surface area (Å²) in [4.78, 5) is 23.7. The van der Waals surface area contributed by atoms with Crippen LogP contribution in [0.2, 0.25) is 0 Å². The fourth-order valence-electron chi connectivity index (χ4n) is 2.89. The minimum atomic E-state index is -4.45. The van der Waals surface area contributed by atoms with Crippen LogP contribution in [-0.2, 0) is 18.3 Å². The maximum atomic E-state index is 11.5. The third-order valence-corrected chi connectivity index (χ3v) is 4.91. The molecular weight excluding hydrogens is 343 g/mol. The summed E-state index contributed by atoms with van der Waals surface area (Å²) in [5.41, 5.74) is 6.46. The molecule has 0 saturated carbocycles. The van der Waals surface area contributed by atoms with Crippen LogP contribution in [0.1, 0.15) is 6.23 Å². The smallest absolute Gasteiger partial charge is 0.268 e. The molecule has 2 aliphatic heterocycles. The zero-order valence-corrected chi connectivity index (χ0v) is 13.3. The Bertz CT molecular complexity index is 844. The Hall–Kier alpha value is -1.82. The zero-order chi connectivity index (χ0) is 17.1. The van der Waals surface area contributed by atoms with Gasteiger partial charge in [0.05, 0.1) is 6.61 Å². The molecular formula is C11H14N6O6P-. The second-order valence-corrected chi connectivity index (χ2v) is 6.72. The topological polar surface area (TPSA) is 170 Å². The highest BCUT2D eigenvalue weighted by Gasteiger charge is 2.51. The highest BCUT2D eigenvalue weighted by atomic mass is 31.2. The van der Waals surface area contributed by atoms with Gasteiger partial charge in [0.2, 0.25) is 5.95 Å². The van der Waals surface area contributed by atoms with Gasteiger partial charge in [0, 0.05) is 7.05 Å². The first-order chi connectivity index (χ1) is 11.4. The van der Waals surface area contributed by atoms with Gasteiger partial charge in [-0.15, -0.1) is 0 Å². The number of aliphatic hydroxyl groups excluding tert-OH is 1. The molecule has 2 aliphatic rings. The number of ether oxygens (including phenoxy) is 1. The molecule has 0 radical (unpaired) electrons. The van der Waals surface area contributed by atoms with Crippen molar-refractivity contribution in [3.8, 4) is 0 Å². The van der Waals surface area contributed by atoms with Crippen LogP contribution < -0.4 is 15.9 Å². The molecule has 0 spiro atoms. The summed E-state index contributed by atoms with van der Waals surface area (Å²) in [7, 11) is -2.82. The van der Waals surface area contributed by atoms with Crippen molar-refractivity contribution in [2.24, 2.45) is 0 Å². The number of nitrogen functional groups attached to an aromatic ring is 1. The van der Waals surface area contributed by atoms with Crippen molar-refractivity contribution in [3.63, 3.8) is 0 Å². The van der Waals surface area contributed by atoms with Crippen LogP contribution in [0.25, 0.3) is 11.2 Å². The van der Waals surface area contributed by atoms with E-state index < -0.39 is 32.4 Å². The number of nitrogens with zero attached hydrogens (tertiary/aromatic N) is 4. The number of hydrogen-bond donors (Lipinski definition) is 3. The fraction of sp³-hybridized carbons (Fsp3) is 0.545. The SMILES string of the molecule is CNc1nc2c(N)ncnc2n1[C@@H]1O[C@@H]2COP(=O)([O-])O[C@H]2[C@H]1O. The molecule has 0 aliphatic carbocycles. The quantitative estimate of drug-likeness (QED) is 0.540. The summed E-state index contributed by atoms with van der Waals surface area (Å²) in [5.74, 6) is 0.495. The standard InChI is InChI=1S/C11H15N6O6P/c1-13-11-16-5-8(12)14-3-15-9(5)17(11)10-6(18)7-4(22-10)2-21-24(19,20)23-7/h3-4,6-7,10,18H,2H2,1H3,(H,13,16)(H,19,20)(H2,12,14,15)/p-1/t4-,6-,7-,10-/m1/s1. The van der Waals surface area contributed by atoms with E-state index in [1.165, 1.54) is 10.9 Å². The number of hydrogen-bond acceptors (Lipinski definition) is 11. The Labute approximate surface area is 135 Å². The van der Waals surface area contributed by atoms with Gasteiger partial charge in [-0.1, -0.05) is 0 Å². The Balaban J connectivity index is 1.78. The second-order valence-electron chi connectivity index (χ2n) is 5.36. The fourth-order valence-corrected chi connectivity index (χ4v) is 3.83. The number of phosphoric ester groups is 1. The van der Waals surface area contributed by atoms with Gasteiger partial charge in [0.15, 0.2) is 23.2 Å². The van der Waals surface area contributed by atoms with E-state index in [0.717, 1.165) is 0 Å². The average molecular weight is 357 g/mol. The van der Waals surface area contributed by atoms with Gasteiger partial charge in [0.1, 0.15) is 24.6 Å². The number of rotatable bonds is 2. The zero-order valence-electron chi connectivity index (χ0n) is 12.4. The monoisotopic (exact) mass is 357 g/mol. The number of aliphatic hydroxyl groups is 1. The molecule has 4 rings (SSSR count). The van der Waals surface area contributed by atoms with E-state index in [2.05, 4.69) is 24.8 Å².